The average molecular weight is 609 g/mol. The molecule has 0 spiro atoms. The summed E-state index contributed by atoms with van der Waals surface area (Å²) in [6.07, 6.45) is 7.81. The van der Waals surface area contributed by atoms with Crippen LogP contribution in [0.15, 0.2) is 18.2 Å². The first kappa shape index (κ1) is 31.8. The van der Waals surface area contributed by atoms with Crippen LogP contribution in [0.3, 0.4) is 0 Å². The Bertz CT molecular complexity index is 1120. The highest BCUT2D eigenvalue weighted by Crippen LogP contribution is 2.62. The summed E-state index contributed by atoms with van der Waals surface area (Å²) in [5.74, 6) is 0.445. The second kappa shape index (κ2) is 13.2. The molecule has 3 fully saturated rings. The molecule has 2 N–H and O–H groups in total. The summed E-state index contributed by atoms with van der Waals surface area (Å²) in [7, 11) is 1.01. The van der Waals surface area contributed by atoms with E-state index in [2.05, 4.69) is 30.3 Å². The van der Waals surface area contributed by atoms with E-state index in [0.29, 0.717) is 40.9 Å². The molecule has 9 heteroatoms. The van der Waals surface area contributed by atoms with Gasteiger partial charge in [-0.15, -0.1) is 0 Å². The second-order valence-corrected chi connectivity index (χ2v) is 15.7. The van der Waals surface area contributed by atoms with Crippen LogP contribution >= 0.6 is 0 Å². The fraction of sp³-hybridized carbons (Fsp3) is 0.788. The number of nitrogens with zero attached hydrogens (tertiary/aromatic N) is 1. The van der Waals surface area contributed by atoms with Crippen LogP contribution in [-0.2, 0) is 17.2 Å². The molecule has 0 radical (unpaired) electrons. The topological polar surface area (TPSA) is 78.9 Å². The lowest BCUT2D eigenvalue weighted by Crippen LogP contribution is -2.47. The number of carbonyl (C=O) groups is 1. The molecule has 1 aromatic rings. The summed E-state index contributed by atoms with van der Waals surface area (Å²) in [6.45, 7) is 5.13. The van der Waals surface area contributed by atoms with Crippen molar-refractivity contribution in [3.63, 3.8) is 0 Å². The van der Waals surface area contributed by atoms with Crippen molar-refractivity contribution in [1.82, 2.24) is 10.2 Å². The Morgan fingerprint density at radius 3 is 2.64 bits per heavy atom. The van der Waals surface area contributed by atoms with Crippen LogP contribution < -0.4 is 10.1 Å². The number of ether oxygens (including phenoxy) is 1. The third-order valence-electron chi connectivity index (χ3n) is 11.0. The van der Waals surface area contributed by atoms with E-state index in [-0.39, 0.29) is 30.4 Å². The molecule has 1 unspecified atom stereocenters. The molecular formula is C33H50F2N2O4S. The summed E-state index contributed by atoms with van der Waals surface area (Å²) in [6, 6.07) is 6.28. The second-order valence-electron chi connectivity index (χ2n) is 14.0. The number of aliphatic hydroxyl groups excluding tert-OH is 1. The van der Waals surface area contributed by atoms with Crippen molar-refractivity contribution in [2.75, 3.05) is 31.6 Å². The van der Waals surface area contributed by atoms with Crippen molar-refractivity contribution in [2.45, 2.75) is 108 Å². The van der Waals surface area contributed by atoms with Gasteiger partial charge in [-0.3, -0.25) is 4.21 Å². The average Bonchev–Trinajstić information content (AvgIpc) is 3.23. The number of nitrogens with one attached hydrogen (secondary N) is 1. The zero-order valence-corrected chi connectivity index (χ0v) is 26.4. The SMILES string of the molecule is CN1CCC(NC(=O)Oc2ccc3c(c2)C[C@@H](CCCS(=O)CCCC(C)(F)F)[C@@H]2[C@@H]3CC[C@]3(C)[C@@H](O)CC[C@@H]23)CC1. The highest BCUT2D eigenvalue weighted by molar-refractivity contribution is 7.84. The molecule has 0 aromatic heterocycles. The maximum Gasteiger partial charge on any atom is 0.412 e. The molecule has 1 amide bonds. The molecule has 1 aliphatic heterocycles. The summed E-state index contributed by atoms with van der Waals surface area (Å²) < 4.78 is 44.7. The lowest BCUT2D eigenvalue weighted by molar-refractivity contribution is -0.0393. The van der Waals surface area contributed by atoms with Crippen molar-refractivity contribution in [3.8, 4) is 5.75 Å². The number of rotatable bonds is 10. The van der Waals surface area contributed by atoms with E-state index < -0.39 is 22.8 Å². The largest absolute Gasteiger partial charge is 0.412 e. The molecule has 7 atom stereocenters. The normalized spacial score (nSPS) is 32.5. The molecule has 236 valence electrons. The van der Waals surface area contributed by atoms with Gasteiger partial charge in [0, 0.05) is 34.8 Å². The Morgan fingerprint density at radius 2 is 1.90 bits per heavy atom. The van der Waals surface area contributed by atoms with Gasteiger partial charge in [-0.1, -0.05) is 13.0 Å². The van der Waals surface area contributed by atoms with E-state index in [1.54, 1.807) is 0 Å². The summed E-state index contributed by atoms with van der Waals surface area (Å²) in [5, 5.41) is 14.0. The van der Waals surface area contributed by atoms with E-state index >= 15 is 0 Å². The van der Waals surface area contributed by atoms with Crippen LogP contribution in [0, 0.1) is 23.2 Å². The number of hydrogen-bond donors (Lipinski definition) is 2. The zero-order chi connectivity index (χ0) is 30.1. The van der Waals surface area contributed by atoms with Crippen molar-refractivity contribution >= 4 is 16.9 Å². The third kappa shape index (κ3) is 7.37. The lowest BCUT2D eigenvalue weighted by Gasteiger charge is -2.53. The van der Waals surface area contributed by atoms with E-state index in [4.69, 9.17) is 4.74 Å². The Morgan fingerprint density at radius 1 is 1.17 bits per heavy atom. The van der Waals surface area contributed by atoms with Gasteiger partial charge in [0.2, 0.25) is 5.92 Å². The van der Waals surface area contributed by atoms with Crippen LogP contribution in [0.5, 0.6) is 5.75 Å². The first-order chi connectivity index (χ1) is 19.9. The molecular weight excluding hydrogens is 558 g/mol. The molecule has 42 heavy (non-hydrogen) atoms. The van der Waals surface area contributed by atoms with Crippen LogP contribution in [-0.4, -0.2) is 70.0 Å². The maximum atomic E-state index is 13.2. The number of halogens is 2. The van der Waals surface area contributed by atoms with Crippen molar-refractivity contribution in [2.24, 2.45) is 23.2 Å². The Hall–Kier alpha value is -1.58. The molecule has 2 saturated carbocycles. The van der Waals surface area contributed by atoms with Crippen LogP contribution in [0.25, 0.3) is 0 Å². The lowest BCUT2D eigenvalue weighted by atomic mass is 9.52. The van der Waals surface area contributed by atoms with Gasteiger partial charge in [-0.25, -0.2) is 13.6 Å². The molecule has 4 aliphatic rings. The van der Waals surface area contributed by atoms with Crippen molar-refractivity contribution < 1.29 is 27.6 Å². The predicted octanol–water partition coefficient (Wildman–Crippen LogP) is 6.28. The Kier molecular flexibility index (Phi) is 10.00. The fourth-order valence-electron chi connectivity index (χ4n) is 8.69. The highest BCUT2D eigenvalue weighted by Gasteiger charge is 2.56. The number of fused-ring (bicyclic) bond motifs is 5. The first-order valence-corrected chi connectivity index (χ1v) is 17.6. The predicted molar refractivity (Wildman–Crippen MR) is 163 cm³/mol. The summed E-state index contributed by atoms with van der Waals surface area (Å²) >= 11 is 0. The standard InChI is InChI=1S/C33H50F2N2O4S/c1-32-15-11-27-26-8-7-25(41-31(39)36-24-12-16-37(3)17-13-24)21-23(26)20-22(30(27)28(32)9-10-29(32)38)6-4-18-42(40)19-5-14-33(2,34)35/h7-8,21-22,24,27-30,38H,4-6,9-20H2,1-3H3,(H,36,39)/t22-,27-,28+,29+,30-,32+,42?/m1/s1. The number of alkyl halides is 2. The number of carbonyl (C=O) groups excluding carboxylic acids is 1. The number of aliphatic hydroxyl groups is 1. The minimum atomic E-state index is -2.70. The van der Waals surface area contributed by atoms with E-state index in [0.717, 1.165) is 77.8 Å². The molecule has 5 rings (SSSR count). The van der Waals surface area contributed by atoms with Crippen LogP contribution in [0.4, 0.5) is 13.6 Å². The number of amides is 1. The fourth-order valence-corrected chi connectivity index (χ4v) is 9.85. The minimum Gasteiger partial charge on any atom is -0.410 e. The molecule has 3 aliphatic carbocycles. The molecule has 0 bridgehead atoms. The van der Waals surface area contributed by atoms with Gasteiger partial charge in [0.1, 0.15) is 5.75 Å². The monoisotopic (exact) mass is 608 g/mol. The van der Waals surface area contributed by atoms with Crippen molar-refractivity contribution in [3.05, 3.63) is 29.3 Å². The summed E-state index contributed by atoms with van der Waals surface area (Å²) in [4.78, 5) is 15.0. The van der Waals surface area contributed by atoms with Crippen LogP contribution in [0.1, 0.15) is 95.1 Å². The smallest absolute Gasteiger partial charge is 0.410 e. The Labute approximate surface area is 252 Å². The van der Waals surface area contributed by atoms with Gasteiger partial charge in [-0.05, 0) is 144 Å². The van der Waals surface area contributed by atoms with E-state index in [9.17, 15) is 22.9 Å². The van der Waals surface area contributed by atoms with Gasteiger partial charge >= 0.3 is 6.09 Å². The van der Waals surface area contributed by atoms with Crippen LogP contribution in [0.2, 0.25) is 0 Å². The molecule has 6 nitrogen and oxygen atoms in total. The van der Waals surface area contributed by atoms with E-state index in [1.165, 1.54) is 11.1 Å². The molecule has 1 heterocycles. The Balaban J connectivity index is 1.26. The number of likely N-dealkylation sites (tertiary alicyclic amines) is 1. The first-order valence-electron chi connectivity index (χ1n) is 16.1. The third-order valence-corrected chi connectivity index (χ3v) is 12.5. The molecule has 1 saturated heterocycles. The van der Waals surface area contributed by atoms with Gasteiger partial charge in [-0.2, -0.15) is 0 Å². The summed E-state index contributed by atoms with van der Waals surface area (Å²) in [5.41, 5.74) is 2.53. The van der Waals surface area contributed by atoms with Gasteiger partial charge in [0.15, 0.2) is 0 Å². The van der Waals surface area contributed by atoms with Gasteiger partial charge < -0.3 is 20.1 Å². The quantitative estimate of drug-likeness (QED) is 0.327. The van der Waals surface area contributed by atoms with Crippen molar-refractivity contribution in [1.29, 1.82) is 0 Å². The number of piperidine rings is 1. The number of benzene rings is 1. The number of hydrogen-bond acceptors (Lipinski definition) is 5. The highest BCUT2D eigenvalue weighted by atomic mass is 32.2. The van der Waals surface area contributed by atoms with E-state index in [1.807, 2.05) is 12.1 Å². The minimum absolute atomic E-state index is 0.0554. The maximum absolute atomic E-state index is 13.2. The van der Waals surface area contributed by atoms with Gasteiger partial charge in [0.25, 0.3) is 0 Å². The van der Waals surface area contributed by atoms with Gasteiger partial charge in [0.05, 0.1) is 6.10 Å². The zero-order valence-electron chi connectivity index (χ0n) is 25.6. The molecule has 1 aromatic carbocycles.